The summed E-state index contributed by atoms with van der Waals surface area (Å²) < 4.78 is 33.0. The molecule has 1 amide bonds. The number of aryl methyl sites for hydroxylation is 1. The quantitative estimate of drug-likeness (QED) is 0.713. The number of rotatable bonds is 9. The molecule has 0 aliphatic heterocycles. The van der Waals surface area contributed by atoms with Crippen LogP contribution in [-0.2, 0) is 21.2 Å². The zero-order valence-corrected chi connectivity index (χ0v) is 16.8. The number of unbranched alkanes of at least 4 members (excludes halogenated alkanes) is 1. The molecule has 2 rings (SSSR count). The number of carbonyl (C=O) groups is 1. The van der Waals surface area contributed by atoms with Crippen molar-refractivity contribution in [2.24, 2.45) is 0 Å². The Kier molecular flexibility index (Phi) is 7.24. The van der Waals surface area contributed by atoms with Crippen LogP contribution in [0.15, 0.2) is 53.4 Å². The van der Waals surface area contributed by atoms with Crippen LogP contribution < -0.4 is 9.46 Å². The molecule has 0 unspecified atom stereocenters. The largest absolute Gasteiger partial charge is 0.484 e. The first-order valence-electron chi connectivity index (χ1n) is 8.86. The van der Waals surface area contributed by atoms with E-state index < -0.39 is 10.0 Å². The molecule has 0 fully saturated rings. The van der Waals surface area contributed by atoms with Gasteiger partial charge in [-0.25, -0.2) is 8.42 Å². The minimum Gasteiger partial charge on any atom is -0.484 e. The van der Waals surface area contributed by atoms with Crippen LogP contribution in [0.3, 0.4) is 0 Å². The number of sulfonamides is 1. The van der Waals surface area contributed by atoms with E-state index in [0.29, 0.717) is 11.4 Å². The van der Waals surface area contributed by atoms with Gasteiger partial charge in [0, 0.05) is 19.8 Å². The lowest BCUT2D eigenvalue weighted by molar-refractivity contribution is -0.130. The summed E-state index contributed by atoms with van der Waals surface area (Å²) in [7, 11) is -0.401. The molecule has 0 heterocycles. The Morgan fingerprint density at radius 2 is 1.67 bits per heavy atom. The zero-order valence-electron chi connectivity index (χ0n) is 15.9. The van der Waals surface area contributed by atoms with E-state index in [9.17, 15) is 13.2 Å². The van der Waals surface area contributed by atoms with E-state index in [-0.39, 0.29) is 17.4 Å². The van der Waals surface area contributed by atoms with Gasteiger partial charge in [-0.05, 0) is 54.8 Å². The zero-order chi connectivity index (χ0) is 19.9. The fraction of sp³-hybridized carbons (Fsp3) is 0.350. The summed E-state index contributed by atoms with van der Waals surface area (Å²) in [4.78, 5) is 13.1. The van der Waals surface area contributed by atoms with E-state index in [1.807, 2.05) is 12.1 Å². The number of carbonyl (C=O) groups excluding carboxylic acids is 1. The van der Waals surface area contributed by atoms with Gasteiger partial charge < -0.3 is 9.64 Å². The number of nitrogens with one attached hydrogen (secondary N) is 1. The average Bonchev–Trinajstić information content (AvgIpc) is 2.65. The summed E-state index contributed by atoms with van der Waals surface area (Å²) >= 11 is 0. The lowest BCUT2D eigenvalue weighted by Crippen LogP contribution is -2.27. The van der Waals surface area contributed by atoms with Crippen molar-refractivity contribution < 1.29 is 17.9 Å². The number of hydrogen-bond acceptors (Lipinski definition) is 4. The molecule has 0 aromatic heterocycles. The molecule has 0 radical (unpaired) electrons. The van der Waals surface area contributed by atoms with Gasteiger partial charge in [0.15, 0.2) is 6.61 Å². The maximum absolute atomic E-state index is 12.5. The molecule has 0 aliphatic carbocycles. The third-order valence-electron chi connectivity index (χ3n) is 4.02. The third kappa shape index (κ3) is 6.29. The number of likely N-dealkylation sites (N-methyl/N-ethyl adjacent to an activating group) is 1. The highest BCUT2D eigenvalue weighted by molar-refractivity contribution is 7.92. The van der Waals surface area contributed by atoms with Crippen molar-refractivity contribution >= 4 is 21.6 Å². The number of anilines is 1. The Morgan fingerprint density at radius 1 is 1.04 bits per heavy atom. The number of benzene rings is 2. The minimum absolute atomic E-state index is 0.0955. The summed E-state index contributed by atoms with van der Waals surface area (Å²) in [6.45, 7) is 2.04. The standard InChI is InChI=1S/C20H26N2O4S/c1-4-5-6-16-7-9-17(10-8-16)21-27(24,25)19-13-11-18(12-14-19)26-15-20(23)22(2)3/h7-14,21H,4-6,15H2,1-3H3. The number of nitrogens with zero attached hydrogens (tertiary/aromatic N) is 1. The van der Waals surface area contributed by atoms with Crippen molar-refractivity contribution in [2.45, 2.75) is 31.1 Å². The smallest absolute Gasteiger partial charge is 0.261 e. The highest BCUT2D eigenvalue weighted by Crippen LogP contribution is 2.20. The minimum atomic E-state index is -3.69. The summed E-state index contributed by atoms with van der Waals surface area (Å²) in [5, 5.41) is 0. The molecular formula is C20H26N2O4S. The normalized spacial score (nSPS) is 11.1. The number of amides is 1. The lowest BCUT2D eigenvalue weighted by Gasteiger charge is -2.12. The van der Waals surface area contributed by atoms with Crippen LogP contribution >= 0.6 is 0 Å². The highest BCUT2D eigenvalue weighted by atomic mass is 32.2. The van der Waals surface area contributed by atoms with E-state index in [1.165, 1.54) is 34.7 Å². The predicted octanol–water partition coefficient (Wildman–Crippen LogP) is 3.30. The van der Waals surface area contributed by atoms with Crippen molar-refractivity contribution in [3.8, 4) is 5.75 Å². The SMILES string of the molecule is CCCCc1ccc(NS(=O)(=O)c2ccc(OCC(=O)N(C)C)cc2)cc1. The fourth-order valence-corrected chi connectivity index (χ4v) is 3.38. The predicted molar refractivity (Wildman–Crippen MR) is 106 cm³/mol. The maximum atomic E-state index is 12.5. The van der Waals surface area contributed by atoms with Gasteiger partial charge in [0.2, 0.25) is 0 Å². The molecule has 1 N–H and O–H groups in total. The first kappa shape index (κ1) is 20.8. The van der Waals surface area contributed by atoms with Crippen molar-refractivity contribution in [2.75, 3.05) is 25.4 Å². The molecule has 27 heavy (non-hydrogen) atoms. The second-order valence-electron chi connectivity index (χ2n) is 6.45. The Morgan fingerprint density at radius 3 is 2.22 bits per heavy atom. The lowest BCUT2D eigenvalue weighted by atomic mass is 10.1. The maximum Gasteiger partial charge on any atom is 0.261 e. The van der Waals surface area contributed by atoms with E-state index in [0.717, 1.165) is 19.3 Å². The third-order valence-corrected chi connectivity index (χ3v) is 5.42. The monoisotopic (exact) mass is 390 g/mol. The number of hydrogen-bond donors (Lipinski definition) is 1. The van der Waals surface area contributed by atoms with Crippen LogP contribution in [-0.4, -0.2) is 39.9 Å². The molecule has 0 atom stereocenters. The van der Waals surface area contributed by atoms with Gasteiger partial charge in [0.25, 0.3) is 15.9 Å². The molecule has 2 aromatic carbocycles. The molecule has 146 valence electrons. The highest BCUT2D eigenvalue weighted by Gasteiger charge is 2.14. The van der Waals surface area contributed by atoms with Crippen LogP contribution in [0.2, 0.25) is 0 Å². The second-order valence-corrected chi connectivity index (χ2v) is 8.14. The van der Waals surface area contributed by atoms with Gasteiger partial charge >= 0.3 is 0 Å². The molecule has 2 aromatic rings. The Labute approximate surface area is 161 Å². The van der Waals surface area contributed by atoms with Crippen LogP contribution in [0.4, 0.5) is 5.69 Å². The summed E-state index contributed by atoms with van der Waals surface area (Å²) in [5.74, 6) is 0.264. The average molecular weight is 391 g/mol. The molecule has 0 saturated heterocycles. The van der Waals surface area contributed by atoms with Crippen LogP contribution in [0.25, 0.3) is 0 Å². The Bertz CT molecular complexity index is 845. The molecule has 6 nitrogen and oxygen atoms in total. The van der Waals surface area contributed by atoms with Crippen molar-refractivity contribution in [1.29, 1.82) is 0 Å². The van der Waals surface area contributed by atoms with E-state index in [2.05, 4.69) is 11.6 Å². The van der Waals surface area contributed by atoms with E-state index >= 15 is 0 Å². The molecule has 0 saturated carbocycles. The Hall–Kier alpha value is -2.54. The topological polar surface area (TPSA) is 75.7 Å². The van der Waals surface area contributed by atoms with Crippen LogP contribution in [0.5, 0.6) is 5.75 Å². The van der Waals surface area contributed by atoms with Crippen LogP contribution in [0, 0.1) is 0 Å². The fourth-order valence-electron chi connectivity index (χ4n) is 2.32. The first-order valence-corrected chi connectivity index (χ1v) is 10.3. The molecule has 0 bridgehead atoms. The molecule has 0 spiro atoms. The van der Waals surface area contributed by atoms with E-state index in [1.54, 1.807) is 26.2 Å². The summed E-state index contributed by atoms with van der Waals surface area (Å²) in [6, 6.07) is 13.4. The van der Waals surface area contributed by atoms with Gasteiger partial charge in [0.05, 0.1) is 4.90 Å². The van der Waals surface area contributed by atoms with Gasteiger partial charge in [0.1, 0.15) is 5.75 Å². The van der Waals surface area contributed by atoms with Gasteiger partial charge in [-0.1, -0.05) is 25.5 Å². The van der Waals surface area contributed by atoms with E-state index in [4.69, 9.17) is 4.74 Å². The van der Waals surface area contributed by atoms with Gasteiger partial charge in [-0.15, -0.1) is 0 Å². The van der Waals surface area contributed by atoms with Gasteiger partial charge in [-0.2, -0.15) is 0 Å². The first-order chi connectivity index (χ1) is 12.8. The number of ether oxygens (including phenoxy) is 1. The second kappa shape index (κ2) is 9.41. The summed E-state index contributed by atoms with van der Waals surface area (Å²) in [6.07, 6.45) is 3.22. The summed E-state index contributed by atoms with van der Waals surface area (Å²) in [5.41, 5.74) is 1.71. The van der Waals surface area contributed by atoms with Crippen molar-refractivity contribution in [3.63, 3.8) is 0 Å². The van der Waals surface area contributed by atoms with Crippen molar-refractivity contribution in [1.82, 2.24) is 4.90 Å². The molecular weight excluding hydrogens is 364 g/mol. The van der Waals surface area contributed by atoms with Gasteiger partial charge in [-0.3, -0.25) is 9.52 Å². The Balaban J connectivity index is 2.00. The van der Waals surface area contributed by atoms with Crippen LogP contribution in [0.1, 0.15) is 25.3 Å². The molecule has 7 heteroatoms. The molecule has 0 aliphatic rings. The van der Waals surface area contributed by atoms with Crippen molar-refractivity contribution in [3.05, 3.63) is 54.1 Å².